The number of piperazine rings is 1. The van der Waals surface area contributed by atoms with Gasteiger partial charge in [-0.1, -0.05) is 19.8 Å². The van der Waals surface area contributed by atoms with E-state index in [1.165, 1.54) is 0 Å². The molecule has 3 N–H and O–H groups in total. The first kappa shape index (κ1) is 23.3. The van der Waals surface area contributed by atoms with Crippen LogP contribution in [0.15, 0.2) is 24.3 Å². The van der Waals surface area contributed by atoms with Crippen LogP contribution in [-0.2, 0) is 14.3 Å². The summed E-state index contributed by atoms with van der Waals surface area (Å²) in [6, 6.07) is 6.61. The number of benzene rings is 1. The topological polar surface area (TPSA) is 108 Å². The molecule has 5 rings (SSSR count). The van der Waals surface area contributed by atoms with E-state index in [4.69, 9.17) is 10.5 Å². The van der Waals surface area contributed by atoms with Crippen LogP contribution in [0.5, 0.6) is 0 Å². The molecule has 0 unspecified atom stereocenters. The summed E-state index contributed by atoms with van der Waals surface area (Å²) in [4.78, 5) is 45.7. The van der Waals surface area contributed by atoms with Gasteiger partial charge in [0, 0.05) is 44.0 Å². The van der Waals surface area contributed by atoms with Gasteiger partial charge >= 0.3 is 0 Å². The maximum Gasteiger partial charge on any atom is 0.252 e. The number of nitrogens with two attached hydrogens (primary N) is 1. The van der Waals surface area contributed by atoms with Crippen molar-refractivity contribution in [3.8, 4) is 0 Å². The standard InChI is InChI=1S/C25H35N5O4/c1-2-28-11-13-29(14-12-28)18-7-5-17(6-8-18)23(32)27-25(9-3-4-10-25)24(33)30-15-19(26)22-21(30)20(31)16-34-22/h5-8,19,21-22H,2-4,9-16,26H2,1H3,(H,27,32)/t19-,21+,22+/m0/s1. The van der Waals surface area contributed by atoms with E-state index >= 15 is 0 Å². The van der Waals surface area contributed by atoms with Gasteiger partial charge in [0.2, 0.25) is 5.91 Å². The van der Waals surface area contributed by atoms with Gasteiger partial charge in [-0.05, 0) is 43.7 Å². The number of hydrogen-bond acceptors (Lipinski definition) is 7. The predicted molar refractivity (Wildman–Crippen MR) is 128 cm³/mol. The van der Waals surface area contributed by atoms with E-state index in [0.717, 1.165) is 51.3 Å². The maximum absolute atomic E-state index is 13.7. The monoisotopic (exact) mass is 469 g/mol. The van der Waals surface area contributed by atoms with Crippen LogP contribution in [0.3, 0.4) is 0 Å². The molecule has 1 aliphatic carbocycles. The number of carbonyl (C=O) groups excluding carboxylic acids is 3. The Labute approximate surface area is 200 Å². The molecule has 9 heteroatoms. The third kappa shape index (κ3) is 4.10. The molecule has 4 fully saturated rings. The summed E-state index contributed by atoms with van der Waals surface area (Å²) in [5.74, 6) is -0.571. The fourth-order valence-corrected chi connectivity index (χ4v) is 5.98. The number of carbonyl (C=O) groups is 3. The van der Waals surface area contributed by atoms with Crippen molar-refractivity contribution in [2.75, 3.05) is 50.8 Å². The molecule has 3 aliphatic heterocycles. The molecule has 1 aromatic carbocycles. The van der Waals surface area contributed by atoms with Gasteiger partial charge in [0.25, 0.3) is 5.91 Å². The van der Waals surface area contributed by atoms with Crippen molar-refractivity contribution in [3.63, 3.8) is 0 Å². The molecular weight excluding hydrogens is 434 g/mol. The SMILES string of the molecule is CCN1CCN(c2ccc(C(=O)NC3(C(=O)N4C[C@H](N)[C@H]5OCC(=O)[C@H]54)CCCC3)cc2)CC1. The Balaban J connectivity index is 1.28. The third-order valence-corrected chi connectivity index (χ3v) is 8.02. The number of anilines is 1. The molecule has 0 radical (unpaired) electrons. The van der Waals surface area contributed by atoms with Crippen LogP contribution in [0.25, 0.3) is 0 Å². The number of amides is 2. The first-order chi connectivity index (χ1) is 16.4. The Bertz CT molecular complexity index is 937. The van der Waals surface area contributed by atoms with Crippen LogP contribution >= 0.6 is 0 Å². The van der Waals surface area contributed by atoms with E-state index in [1.54, 1.807) is 4.90 Å². The molecule has 0 bridgehead atoms. The molecule has 1 saturated carbocycles. The zero-order valence-corrected chi connectivity index (χ0v) is 19.9. The summed E-state index contributed by atoms with van der Waals surface area (Å²) in [5.41, 5.74) is 6.82. The molecule has 34 heavy (non-hydrogen) atoms. The Morgan fingerprint density at radius 2 is 1.79 bits per heavy atom. The molecule has 3 atom stereocenters. The van der Waals surface area contributed by atoms with Gasteiger partial charge in [-0.3, -0.25) is 14.4 Å². The molecule has 0 aromatic heterocycles. The van der Waals surface area contributed by atoms with Gasteiger partial charge in [0.05, 0.1) is 6.04 Å². The maximum atomic E-state index is 13.7. The number of fused-ring (bicyclic) bond motifs is 1. The van der Waals surface area contributed by atoms with Crippen molar-refractivity contribution in [2.45, 2.75) is 56.3 Å². The number of likely N-dealkylation sites (N-methyl/N-ethyl adjacent to an activating group) is 1. The van der Waals surface area contributed by atoms with Crippen molar-refractivity contribution in [2.24, 2.45) is 5.73 Å². The van der Waals surface area contributed by atoms with E-state index < -0.39 is 17.7 Å². The highest BCUT2D eigenvalue weighted by Gasteiger charge is 2.55. The minimum Gasteiger partial charge on any atom is -0.369 e. The first-order valence-electron chi connectivity index (χ1n) is 12.5. The number of nitrogens with one attached hydrogen (secondary N) is 1. The lowest BCUT2D eigenvalue weighted by atomic mass is 9.93. The average Bonchev–Trinajstić information content (AvgIpc) is 3.57. The summed E-state index contributed by atoms with van der Waals surface area (Å²) in [7, 11) is 0. The van der Waals surface area contributed by atoms with Crippen molar-refractivity contribution in [1.29, 1.82) is 0 Å². The van der Waals surface area contributed by atoms with Crippen LogP contribution in [-0.4, -0.2) is 97.0 Å². The van der Waals surface area contributed by atoms with E-state index in [0.29, 0.717) is 18.4 Å². The van der Waals surface area contributed by atoms with Gasteiger partial charge in [-0.15, -0.1) is 0 Å². The minimum atomic E-state index is -0.996. The number of ether oxygens (including phenoxy) is 1. The number of likely N-dealkylation sites (tertiary alicyclic amines) is 1. The number of hydrogen-bond donors (Lipinski definition) is 2. The highest BCUT2D eigenvalue weighted by atomic mass is 16.5. The Morgan fingerprint density at radius 1 is 1.12 bits per heavy atom. The van der Waals surface area contributed by atoms with E-state index in [1.807, 2.05) is 24.3 Å². The Morgan fingerprint density at radius 3 is 2.44 bits per heavy atom. The van der Waals surface area contributed by atoms with Crippen LogP contribution in [0, 0.1) is 0 Å². The van der Waals surface area contributed by atoms with Gasteiger partial charge in [-0.2, -0.15) is 0 Å². The predicted octanol–water partition coefficient (Wildman–Crippen LogP) is 0.377. The quantitative estimate of drug-likeness (QED) is 0.642. The number of rotatable bonds is 5. The molecule has 2 amide bonds. The summed E-state index contributed by atoms with van der Waals surface area (Å²) in [6.07, 6.45) is 2.39. The average molecular weight is 470 g/mol. The van der Waals surface area contributed by atoms with Crippen LogP contribution in [0.4, 0.5) is 5.69 Å². The summed E-state index contributed by atoms with van der Waals surface area (Å²) in [5, 5.41) is 3.06. The van der Waals surface area contributed by atoms with Crippen LogP contribution < -0.4 is 16.0 Å². The van der Waals surface area contributed by atoms with Crippen molar-refractivity contribution in [3.05, 3.63) is 29.8 Å². The fraction of sp³-hybridized carbons (Fsp3) is 0.640. The lowest BCUT2D eigenvalue weighted by Gasteiger charge is -2.36. The third-order valence-electron chi connectivity index (χ3n) is 8.02. The van der Waals surface area contributed by atoms with Crippen molar-refractivity contribution in [1.82, 2.24) is 15.1 Å². The molecule has 9 nitrogen and oxygen atoms in total. The van der Waals surface area contributed by atoms with Crippen LogP contribution in [0.2, 0.25) is 0 Å². The Kier molecular flexibility index (Phi) is 6.35. The van der Waals surface area contributed by atoms with E-state index in [2.05, 4.69) is 22.0 Å². The van der Waals surface area contributed by atoms with E-state index in [-0.39, 0.29) is 36.8 Å². The molecule has 4 aliphatic rings. The first-order valence-corrected chi connectivity index (χ1v) is 12.5. The Hall–Kier alpha value is -2.49. The molecule has 0 spiro atoms. The number of Topliss-reactive ketones (excluding diaryl/α,β-unsaturated/α-hetero) is 1. The molecule has 1 aromatic rings. The van der Waals surface area contributed by atoms with Crippen molar-refractivity contribution >= 4 is 23.3 Å². The lowest BCUT2D eigenvalue weighted by Crippen LogP contribution is -2.60. The lowest BCUT2D eigenvalue weighted by molar-refractivity contribution is -0.142. The fourth-order valence-electron chi connectivity index (χ4n) is 5.98. The van der Waals surface area contributed by atoms with Crippen LogP contribution in [0.1, 0.15) is 43.0 Å². The zero-order valence-electron chi connectivity index (χ0n) is 19.9. The molecule has 3 heterocycles. The zero-order chi connectivity index (χ0) is 23.9. The highest BCUT2D eigenvalue weighted by Crippen LogP contribution is 2.36. The molecule has 3 saturated heterocycles. The summed E-state index contributed by atoms with van der Waals surface area (Å²) in [6.45, 7) is 7.54. The number of ketones is 1. The number of nitrogens with zero attached hydrogens (tertiary/aromatic N) is 3. The minimum absolute atomic E-state index is 0.00792. The second-order valence-electron chi connectivity index (χ2n) is 10.0. The normalized spacial score (nSPS) is 28.9. The van der Waals surface area contributed by atoms with Gasteiger partial charge in [0.1, 0.15) is 24.3 Å². The summed E-state index contributed by atoms with van der Waals surface area (Å²) >= 11 is 0. The summed E-state index contributed by atoms with van der Waals surface area (Å²) < 4.78 is 5.54. The van der Waals surface area contributed by atoms with Gasteiger partial charge in [0.15, 0.2) is 5.78 Å². The molecular formula is C25H35N5O4. The van der Waals surface area contributed by atoms with E-state index in [9.17, 15) is 14.4 Å². The highest BCUT2D eigenvalue weighted by molar-refractivity contribution is 6.01. The van der Waals surface area contributed by atoms with Crippen molar-refractivity contribution < 1.29 is 19.1 Å². The van der Waals surface area contributed by atoms with Gasteiger partial charge < -0.3 is 30.5 Å². The second-order valence-corrected chi connectivity index (χ2v) is 10.0. The smallest absolute Gasteiger partial charge is 0.252 e. The second kappa shape index (κ2) is 9.28. The molecule has 184 valence electrons. The van der Waals surface area contributed by atoms with Gasteiger partial charge in [-0.25, -0.2) is 0 Å². The largest absolute Gasteiger partial charge is 0.369 e.